The topological polar surface area (TPSA) is 54.4 Å². The molecule has 2 atom stereocenters. The first-order chi connectivity index (χ1) is 9.05. The second kappa shape index (κ2) is 4.89. The molecule has 19 heavy (non-hydrogen) atoms. The summed E-state index contributed by atoms with van der Waals surface area (Å²) in [6.07, 6.45) is 0.649. The van der Waals surface area contributed by atoms with Crippen molar-refractivity contribution in [3.63, 3.8) is 0 Å². The molecule has 1 N–H and O–H groups in total. The number of aliphatic hydroxyl groups excluding tert-OH is 1. The number of thiophene rings is 1. The molecule has 0 amide bonds. The molecule has 0 spiro atoms. The molecule has 1 aliphatic rings. The van der Waals surface area contributed by atoms with Crippen molar-refractivity contribution < 1.29 is 13.5 Å². The molecular formula is C14H16O3S2. The van der Waals surface area contributed by atoms with Crippen LogP contribution in [0.5, 0.6) is 0 Å². The fraction of sp³-hybridized carbons (Fsp3) is 0.429. The first-order valence-corrected chi connectivity index (χ1v) is 9.10. The van der Waals surface area contributed by atoms with Gasteiger partial charge in [0.2, 0.25) is 0 Å². The van der Waals surface area contributed by atoms with Crippen LogP contribution in [0, 0.1) is 5.92 Å². The summed E-state index contributed by atoms with van der Waals surface area (Å²) in [5.74, 6) is 0.591. The molecule has 2 unspecified atom stereocenters. The van der Waals surface area contributed by atoms with Crippen molar-refractivity contribution in [2.45, 2.75) is 18.9 Å². The standard InChI is InChI=1S/C14H16O3S2/c15-13(8-10-5-7-19(16,17)9-10)12-3-1-2-11-4-6-18-14(11)12/h1-4,6,10,13,15H,5,7-9H2. The zero-order valence-corrected chi connectivity index (χ0v) is 12.1. The number of aliphatic hydroxyl groups is 1. The Kier molecular flexibility index (Phi) is 3.37. The van der Waals surface area contributed by atoms with E-state index in [9.17, 15) is 13.5 Å². The minimum Gasteiger partial charge on any atom is -0.388 e. The summed E-state index contributed by atoms with van der Waals surface area (Å²) < 4.78 is 24.0. The van der Waals surface area contributed by atoms with Crippen molar-refractivity contribution in [3.8, 4) is 0 Å². The number of hydrogen-bond acceptors (Lipinski definition) is 4. The Balaban J connectivity index is 1.81. The minimum atomic E-state index is -2.86. The lowest BCUT2D eigenvalue weighted by molar-refractivity contribution is 0.150. The summed E-state index contributed by atoms with van der Waals surface area (Å²) in [6.45, 7) is 0. The molecule has 2 heterocycles. The molecule has 0 radical (unpaired) electrons. The van der Waals surface area contributed by atoms with E-state index in [4.69, 9.17) is 0 Å². The first kappa shape index (κ1) is 13.1. The van der Waals surface area contributed by atoms with Gasteiger partial charge in [-0.25, -0.2) is 8.42 Å². The molecule has 3 rings (SSSR count). The Labute approximate surface area is 116 Å². The van der Waals surface area contributed by atoms with Crippen LogP contribution in [0.1, 0.15) is 24.5 Å². The monoisotopic (exact) mass is 296 g/mol. The third-order valence-electron chi connectivity index (χ3n) is 3.75. The number of fused-ring (bicyclic) bond motifs is 1. The molecule has 2 aromatic rings. The first-order valence-electron chi connectivity index (χ1n) is 6.40. The second-order valence-corrected chi connectivity index (χ2v) is 8.35. The van der Waals surface area contributed by atoms with Gasteiger partial charge in [0, 0.05) is 4.70 Å². The van der Waals surface area contributed by atoms with E-state index in [1.165, 1.54) is 0 Å². The van der Waals surface area contributed by atoms with E-state index in [1.54, 1.807) is 11.3 Å². The van der Waals surface area contributed by atoms with Crippen molar-refractivity contribution in [2.24, 2.45) is 5.92 Å². The molecule has 1 aliphatic heterocycles. The molecule has 0 bridgehead atoms. The van der Waals surface area contributed by atoms with Gasteiger partial charge in [0.1, 0.15) is 0 Å². The van der Waals surface area contributed by atoms with Gasteiger partial charge >= 0.3 is 0 Å². The zero-order valence-electron chi connectivity index (χ0n) is 10.5. The Hall–Kier alpha value is -0.910. The van der Waals surface area contributed by atoms with Gasteiger partial charge in [-0.3, -0.25) is 0 Å². The van der Waals surface area contributed by atoms with Crippen LogP contribution in [0.2, 0.25) is 0 Å². The largest absolute Gasteiger partial charge is 0.388 e. The van der Waals surface area contributed by atoms with Crippen LogP contribution in [0.15, 0.2) is 29.6 Å². The molecule has 0 saturated carbocycles. The molecule has 5 heteroatoms. The van der Waals surface area contributed by atoms with Crippen molar-refractivity contribution in [1.82, 2.24) is 0 Å². The van der Waals surface area contributed by atoms with Crippen LogP contribution in [-0.2, 0) is 9.84 Å². The quantitative estimate of drug-likeness (QED) is 0.947. The smallest absolute Gasteiger partial charge is 0.150 e. The number of benzene rings is 1. The Morgan fingerprint density at radius 2 is 2.21 bits per heavy atom. The minimum absolute atomic E-state index is 0.0928. The molecule has 102 valence electrons. The number of sulfone groups is 1. The van der Waals surface area contributed by atoms with Gasteiger partial charge in [-0.15, -0.1) is 11.3 Å². The Bertz CT molecular complexity index is 688. The molecule has 3 nitrogen and oxygen atoms in total. The Morgan fingerprint density at radius 3 is 2.95 bits per heavy atom. The fourth-order valence-corrected chi connectivity index (χ4v) is 5.62. The van der Waals surface area contributed by atoms with Crippen LogP contribution < -0.4 is 0 Å². The lowest BCUT2D eigenvalue weighted by Gasteiger charge is -2.15. The number of rotatable bonds is 3. The maximum atomic E-state index is 11.5. The van der Waals surface area contributed by atoms with Gasteiger partial charge < -0.3 is 5.11 Å². The van der Waals surface area contributed by atoms with Gasteiger partial charge in [-0.05, 0) is 41.2 Å². The summed E-state index contributed by atoms with van der Waals surface area (Å²) in [6, 6.07) is 7.95. The van der Waals surface area contributed by atoms with E-state index < -0.39 is 15.9 Å². The predicted molar refractivity (Wildman–Crippen MR) is 78.2 cm³/mol. The van der Waals surface area contributed by atoms with E-state index in [0.717, 1.165) is 15.6 Å². The number of hydrogen-bond donors (Lipinski definition) is 1. The third-order valence-corrected chi connectivity index (χ3v) is 6.57. The highest BCUT2D eigenvalue weighted by Crippen LogP contribution is 2.34. The maximum Gasteiger partial charge on any atom is 0.150 e. The SMILES string of the molecule is O=S1(=O)CCC(CC(O)c2cccc3ccsc23)C1. The van der Waals surface area contributed by atoms with Gasteiger partial charge in [0.15, 0.2) is 9.84 Å². The van der Waals surface area contributed by atoms with Crippen molar-refractivity contribution >= 4 is 31.3 Å². The summed E-state index contributed by atoms with van der Waals surface area (Å²) in [5, 5.41) is 13.5. The highest BCUT2D eigenvalue weighted by molar-refractivity contribution is 7.91. The molecule has 1 aromatic carbocycles. The molecule has 1 aromatic heterocycles. The molecule has 0 aliphatic carbocycles. The summed E-state index contributed by atoms with van der Waals surface area (Å²) in [5.41, 5.74) is 0.928. The van der Waals surface area contributed by atoms with E-state index in [0.29, 0.717) is 12.8 Å². The van der Waals surface area contributed by atoms with Gasteiger partial charge in [0.25, 0.3) is 0 Å². The average molecular weight is 296 g/mol. The highest BCUT2D eigenvalue weighted by Gasteiger charge is 2.30. The molecule has 1 fully saturated rings. The normalized spacial score (nSPS) is 23.7. The van der Waals surface area contributed by atoms with Crippen LogP contribution in [0.3, 0.4) is 0 Å². The van der Waals surface area contributed by atoms with Crippen LogP contribution in [-0.4, -0.2) is 25.0 Å². The van der Waals surface area contributed by atoms with E-state index in [1.807, 2.05) is 29.6 Å². The maximum absolute atomic E-state index is 11.5. The highest BCUT2D eigenvalue weighted by atomic mass is 32.2. The average Bonchev–Trinajstić information content (AvgIpc) is 2.94. The van der Waals surface area contributed by atoms with Crippen LogP contribution >= 0.6 is 11.3 Å². The third kappa shape index (κ3) is 2.68. The van der Waals surface area contributed by atoms with Crippen LogP contribution in [0.4, 0.5) is 0 Å². The van der Waals surface area contributed by atoms with Gasteiger partial charge in [0.05, 0.1) is 17.6 Å². The van der Waals surface area contributed by atoms with E-state index in [-0.39, 0.29) is 17.4 Å². The summed E-state index contributed by atoms with van der Waals surface area (Å²) in [4.78, 5) is 0. The van der Waals surface area contributed by atoms with E-state index >= 15 is 0 Å². The lowest BCUT2D eigenvalue weighted by Crippen LogP contribution is -2.09. The van der Waals surface area contributed by atoms with Crippen molar-refractivity contribution in [2.75, 3.05) is 11.5 Å². The Morgan fingerprint density at radius 1 is 1.37 bits per heavy atom. The molecular weight excluding hydrogens is 280 g/mol. The van der Waals surface area contributed by atoms with E-state index in [2.05, 4.69) is 0 Å². The van der Waals surface area contributed by atoms with Crippen LogP contribution in [0.25, 0.3) is 10.1 Å². The van der Waals surface area contributed by atoms with Crippen molar-refractivity contribution in [1.29, 1.82) is 0 Å². The summed E-state index contributed by atoms with van der Waals surface area (Å²) in [7, 11) is -2.86. The predicted octanol–water partition coefficient (Wildman–Crippen LogP) is 2.76. The molecule has 1 saturated heterocycles. The zero-order chi connectivity index (χ0) is 13.5. The van der Waals surface area contributed by atoms with Gasteiger partial charge in [-0.2, -0.15) is 0 Å². The lowest BCUT2D eigenvalue weighted by atomic mass is 9.96. The fourth-order valence-electron chi connectivity index (χ4n) is 2.78. The van der Waals surface area contributed by atoms with Gasteiger partial charge in [-0.1, -0.05) is 18.2 Å². The van der Waals surface area contributed by atoms with Crippen molar-refractivity contribution in [3.05, 3.63) is 35.2 Å². The summed E-state index contributed by atoms with van der Waals surface area (Å²) >= 11 is 1.62. The second-order valence-electron chi connectivity index (χ2n) is 5.21.